The standard InChI is InChI=1S/C22H20F2N2O5S/c1-30-20-12-11-17(13-21(20)31-2)32(28,29)26(19-6-4-3-5-18(19)24)14-22(27)25-16-9-7-15(23)8-10-16/h3-13H,14H2,1-2H3,(H,25,27). The Bertz CT molecular complexity index is 1220. The van der Waals surface area contributed by atoms with E-state index in [1.54, 1.807) is 0 Å². The van der Waals surface area contributed by atoms with Gasteiger partial charge in [0.15, 0.2) is 11.5 Å². The van der Waals surface area contributed by atoms with E-state index in [1.165, 1.54) is 62.8 Å². The molecule has 0 fully saturated rings. The van der Waals surface area contributed by atoms with Crippen LogP contribution in [-0.2, 0) is 14.8 Å². The van der Waals surface area contributed by atoms with E-state index in [-0.39, 0.29) is 22.0 Å². The molecule has 0 aliphatic rings. The molecule has 0 saturated carbocycles. The molecular formula is C22H20F2N2O5S. The normalized spacial score (nSPS) is 11.0. The van der Waals surface area contributed by atoms with Crippen molar-refractivity contribution in [1.29, 1.82) is 0 Å². The van der Waals surface area contributed by atoms with E-state index in [0.29, 0.717) is 10.1 Å². The van der Waals surface area contributed by atoms with Crippen LogP contribution in [0.4, 0.5) is 20.2 Å². The highest BCUT2D eigenvalue weighted by atomic mass is 32.2. The molecule has 7 nitrogen and oxygen atoms in total. The number of amides is 1. The summed E-state index contributed by atoms with van der Waals surface area (Å²) < 4.78 is 65.4. The molecule has 0 unspecified atom stereocenters. The molecule has 0 radical (unpaired) electrons. The van der Waals surface area contributed by atoms with E-state index < -0.39 is 34.1 Å². The molecule has 3 rings (SSSR count). The SMILES string of the molecule is COc1ccc(S(=O)(=O)N(CC(=O)Nc2ccc(F)cc2)c2ccccc2F)cc1OC. The first kappa shape index (κ1) is 23.0. The van der Waals surface area contributed by atoms with Gasteiger partial charge in [-0.3, -0.25) is 9.10 Å². The molecule has 1 amide bonds. The summed E-state index contributed by atoms with van der Waals surface area (Å²) in [7, 11) is -1.64. The van der Waals surface area contributed by atoms with E-state index in [0.717, 1.165) is 18.2 Å². The molecule has 0 heterocycles. The van der Waals surface area contributed by atoms with Crippen LogP contribution in [0.15, 0.2) is 71.6 Å². The van der Waals surface area contributed by atoms with Crippen molar-refractivity contribution in [3.05, 3.63) is 78.4 Å². The molecule has 32 heavy (non-hydrogen) atoms. The minimum absolute atomic E-state index is 0.151. The van der Waals surface area contributed by atoms with Gasteiger partial charge in [-0.1, -0.05) is 12.1 Å². The molecule has 0 aliphatic heterocycles. The van der Waals surface area contributed by atoms with Gasteiger partial charge in [-0.15, -0.1) is 0 Å². The van der Waals surface area contributed by atoms with Crippen molar-refractivity contribution >= 4 is 27.3 Å². The summed E-state index contributed by atoms with van der Waals surface area (Å²) in [6.45, 7) is -0.727. The van der Waals surface area contributed by atoms with Crippen molar-refractivity contribution in [3.8, 4) is 11.5 Å². The average molecular weight is 462 g/mol. The number of hydrogen-bond donors (Lipinski definition) is 1. The third-order valence-electron chi connectivity index (χ3n) is 4.48. The summed E-state index contributed by atoms with van der Waals surface area (Å²) in [6, 6.07) is 14.0. The van der Waals surface area contributed by atoms with E-state index >= 15 is 0 Å². The Morgan fingerprint density at radius 3 is 2.22 bits per heavy atom. The van der Waals surface area contributed by atoms with E-state index in [1.807, 2.05) is 0 Å². The second kappa shape index (κ2) is 9.65. The maximum absolute atomic E-state index is 14.5. The molecule has 0 spiro atoms. The largest absolute Gasteiger partial charge is 0.493 e. The maximum Gasteiger partial charge on any atom is 0.265 e. The molecule has 168 valence electrons. The van der Waals surface area contributed by atoms with Gasteiger partial charge in [0.05, 0.1) is 24.8 Å². The van der Waals surface area contributed by atoms with E-state index in [4.69, 9.17) is 9.47 Å². The van der Waals surface area contributed by atoms with Gasteiger partial charge < -0.3 is 14.8 Å². The van der Waals surface area contributed by atoms with Crippen LogP contribution in [-0.4, -0.2) is 35.1 Å². The van der Waals surface area contributed by atoms with Crippen LogP contribution in [0.1, 0.15) is 0 Å². The zero-order chi connectivity index (χ0) is 23.3. The van der Waals surface area contributed by atoms with Crippen LogP contribution in [0.3, 0.4) is 0 Å². The lowest BCUT2D eigenvalue weighted by Crippen LogP contribution is -2.38. The summed E-state index contributed by atoms with van der Waals surface area (Å²) in [5, 5.41) is 2.47. The van der Waals surface area contributed by atoms with E-state index in [9.17, 15) is 22.0 Å². The Morgan fingerprint density at radius 1 is 0.938 bits per heavy atom. The number of para-hydroxylation sites is 1. The van der Waals surface area contributed by atoms with Crippen LogP contribution in [0.25, 0.3) is 0 Å². The van der Waals surface area contributed by atoms with Crippen molar-refractivity contribution in [2.75, 3.05) is 30.4 Å². The average Bonchev–Trinajstić information content (AvgIpc) is 2.79. The topological polar surface area (TPSA) is 84.9 Å². The molecule has 0 atom stereocenters. The lowest BCUT2D eigenvalue weighted by Gasteiger charge is -2.25. The number of rotatable bonds is 8. The zero-order valence-electron chi connectivity index (χ0n) is 17.2. The Morgan fingerprint density at radius 2 is 1.59 bits per heavy atom. The minimum atomic E-state index is -4.39. The first-order valence-corrected chi connectivity index (χ1v) is 10.7. The summed E-state index contributed by atoms with van der Waals surface area (Å²) in [4.78, 5) is 12.4. The number of nitrogens with zero attached hydrogens (tertiary/aromatic N) is 1. The fraction of sp³-hybridized carbons (Fsp3) is 0.136. The first-order valence-electron chi connectivity index (χ1n) is 9.31. The van der Waals surface area contributed by atoms with Gasteiger partial charge in [0.2, 0.25) is 5.91 Å². The predicted octanol–water partition coefficient (Wildman–Crippen LogP) is 3.82. The lowest BCUT2D eigenvalue weighted by molar-refractivity contribution is -0.114. The van der Waals surface area contributed by atoms with Gasteiger partial charge in [-0.05, 0) is 48.5 Å². The summed E-state index contributed by atoms with van der Waals surface area (Å²) in [5.41, 5.74) is -0.0510. The number of nitrogens with one attached hydrogen (secondary N) is 1. The van der Waals surface area contributed by atoms with Gasteiger partial charge in [0, 0.05) is 11.8 Å². The highest BCUT2D eigenvalue weighted by Gasteiger charge is 2.30. The number of ether oxygens (including phenoxy) is 2. The van der Waals surface area contributed by atoms with Crippen LogP contribution in [0.5, 0.6) is 11.5 Å². The number of halogens is 2. The number of benzene rings is 3. The molecule has 0 bridgehead atoms. The molecule has 1 N–H and O–H groups in total. The molecule has 0 aliphatic carbocycles. The van der Waals surface area contributed by atoms with Crippen molar-refractivity contribution in [2.24, 2.45) is 0 Å². The van der Waals surface area contributed by atoms with Crippen LogP contribution >= 0.6 is 0 Å². The number of sulfonamides is 1. The van der Waals surface area contributed by atoms with Crippen molar-refractivity contribution in [2.45, 2.75) is 4.90 Å². The molecule has 3 aromatic rings. The summed E-state index contributed by atoms with van der Waals surface area (Å²) >= 11 is 0. The molecule has 3 aromatic carbocycles. The van der Waals surface area contributed by atoms with Crippen LogP contribution in [0.2, 0.25) is 0 Å². The first-order chi connectivity index (χ1) is 15.3. The fourth-order valence-electron chi connectivity index (χ4n) is 2.92. The Kier molecular flexibility index (Phi) is 6.94. The van der Waals surface area contributed by atoms with Crippen molar-refractivity contribution in [1.82, 2.24) is 0 Å². The monoisotopic (exact) mass is 462 g/mol. The van der Waals surface area contributed by atoms with E-state index in [2.05, 4.69) is 5.32 Å². The fourth-order valence-corrected chi connectivity index (χ4v) is 4.37. The van der Waals surface area contributed by atoms with Crippen LogP contribution in [0, 0.1) is 11.6 Å². The second-order valence-electron chi connectivity index (χ2n) is 6.53. The smallest absolute Gasteiger partial charge is 0.265 e. The second-order valence-corrected chi connectivity index (χ2v) is 8.40. The Labute approximate surface area is 184 Å². The quantitative estimate of drug-likeness (QED) is 0.550. The zero-order valence-corrected chi connectivity index (χ0v) is 18.0. The number of hydrogen-bond acceptors (Lipinski definition) is 5. The number of anilines is 2. The van der Waals surface area contributed by atoms with Crippen molar-refractivity contribution < 1.29 is 31.5 Å². The van der Waals surface area contributed by atoms with Gasteiger partial charge >= 0.3 is 0 Å². The maximum atomic E-state index is 14.5. The lowest BCUT2D eigenvalue weighted by atomic mass is 10.3. The third-order valence-corrected chi connectivity index (χ3v) is 6.24. The number of carbonyl (C=O) groups excluding carboxylic acids is 1. The predicted molar refractivity (Wildman–Crippen MR) is 116 cm³/mol. The van der Waals surface area contributed by atoms with Gasteiger partial charge in [0.1, 0.15) is 18.2 Å². The molecule has 0 aromatic heterocycles. The summed E-state index contributed by atoms with van der Waals surface area (Å²) in [5.74, 6) is -1.61. The molecule has 0 saturated heterocycles. The highest BCUT2D eigenvalue weighted by Crippen LogP contribution is 2.32. The van der Waals surface area contributed by atoms with Crippen LogP contribution < -0.4 is 19.1 Å². The Hall–Kier alpha value is -3.66. The Balaban J connectivity index is 2.00. The number of carbonyl (C=O) groups is 1. The summed E-state index contributed by atoms with van der Waals surface area (Å²) in [6.07, 6.45) is 0. The highest BCUT2D eigenvalue weighted by molar-refractivity contribution is 7.92. The van der Waals surface area contributed by atoms with Gasteiger partial charge in [0.25, 0.3) is 10.0 Å². The van der Waals surface area contributed by atoms with Gasteiger partial charge in [-0.25, -0.2) is 17.2 Å². The minimum Gasteiger partial charge on any atom is -0.493 e. The molecule has 10 heteroatoms. The molecular weight excluding hydrogens is 442 g/mol. The number of methoxy groups -OCH3 is 2. The third kappa shape index (κ3) is 4.97. The van der Waals surface area contributed by atoms with Gasteiger partial charge in [-0.2, -0.15) is 0 Å². The van der Waals surface area contributed by atoms with Crippen molar-refractivity contribution in [3.63, 3.8) is 0 Å².